The van der Waals surface area contributed by atoms with Gasteiger partial charge in [-0.2, -0.15) is 0 Å². The molecule has 0 fully saturated rings. The van der Waals surface area contributed by atoms with Gasteiger partial charge in [0.1, 0.15) is 17.6 Å². The smallest absolute Gasteiger partial charge is 0.264 e. The van der Waals surface area contributed by atoms with E-state index in [1.165, 1.54) is 18.4 Å². The summed E-state index contributed by atoms with van der Waals surface area (Å²) in [4.78, 5) is 29.4. The minimum Gasteiger partial charge on any atom is -0.467 e. The Hall–Kier alpha value is -3.16. The number of nitrogens with zero attached hydrogens (tertiary/aromatic N) is 1. The first-order valence-electron chi connectivity index (χ1n) is 8.12. The second-order valence-corrected chi connectivity index (χ2v) is 5.87. The number of amides is 2. The molecule has 8 heteroatoms. The first-order valence-corrected chi connectivity index (χ1v) is 8.12. The Labute approximate surface area is 149 Å². The molecule has 2 amide bonds. The molecule has 3 rings (SSSR count). The van der Waals surface area contributed by atoms with E-state index in [0.717, 1.165) is 0 Å². The normalized spacial score (nSPS) is 17.2. The molecule has 0 radical (unpaired) electrons. The Bertz CT molecular complexity index is 802. The minimum absolute atomic E-state index is 0.240. The van der Waals surface area contributed by atoms with Crippen molar-refractivity contribution in [2.75, 3.05) is 0 Å². The highest BCUT2D eigenvalue weighted by Gasteiger charge is 2.30. The SMILES string of the molecule is C[C@@H](NC(=O)[C@@H]1CC(c2ccc(F)cc2)=NO1)C(=O)NCc1ccco1. The van der Waals surface area contributed by atoms with Crippen LogP contribution in [-0.4, -0.2) is 29.7 Å². The predicted molar refractivity (Wildman–Crippen MR) is 90.6 cm³/mol. The number of oxime groups is 1. The van der Waals surface area contributed by atoms with Crippen LogP contribution < -0.4 is 10.6 Å². The summed E-state index contributed by atoms with van der Waals surface area (Å²) in [5.41, 5.74) is 1.24. The molecular weight excluding hydrogens is 341 g/mol. The van der Waals surface area contributed by atoms with Crippen LogP contribution in [0.2, 0.25) is 0 Å². The van der Waals surface area contributed by atoms with Gasteiger partial charge in [-0.05, 0) is 36.8 Å². The molecule has 0 unspecified atom stereocenters. The molecule has 0 bridgehead atoms. The first kappa shape index (κ1) is 17.7. The van der Waals surface area contributed by atoms with Gasteiger partial charge in [0.2, 0.25) is 12.0 Å². The van der Waals surface area contributed by atoms with Gasteiger partial charge in [-0.1, -0.05) is 17.3 Å². The zero-order chi connectivity index (χ0) is 18.5. The molecule has 7 nitrogen and oxygen atoms in total. The van der Waals surface area contributed by atoms with Gasteiger partial charge < -0.3 is 19.9 Å². The Morgan fingerprint density at radius 2 is 2.08 bits per heavy atom. The van der Waals surface area contributed by atoms with Crippen molar-refractivity contribution in [2.45, 2.75) is 32.0 Å². The van der Waals surface area contributed by atoms with Crippen LogP contribution >= 0.6 is 0 Å². The maximum absolute atomic E-state index is 13.0. The van der Waals surface area contributed by atoms with Crippen molar-refractivity contribution in [1.29, 1.82) is 0 Å². The van der Waals surface area contributed by atoms with Gasteiger partial charge in [-0.25, -0.2) is 4.39 Å². The van der Waals surface area contributed by atoms with Crippen molar-refractivity contribution >= 4 is 17.5 Å². The molecule has 1 aromatic heterocycles. The number of halogens is 1. The van der Waals surface area contributed by atoms with Crippen LogP contribution in [0.25, 0.3) is 0 Å². The van der Waals surface area contributed by atoms with E-state index in [1.54, 1.807) is 31.2 Å². The molecule has 2 aromatic rings. The fraction of sp³-hybridized carbons (Fsp3) is 0.278. The zero-order valence-electron chi connectivity index (χ0n) is 14.1. The van der Waals surface area contributed by atoms with Crippen LogP contribution in [0.1, 0.15) is 24.7 Å². The van der Waals surface area contributed by atoms with Gasteiger partial charge >= 0.3 is 0 Å². The van der Waals surface area contributed by atoms with Crippen LogP contribution in [0.3, 0.4) is 0 Å². The number of furan rings is 1. The average molecular weight is 359 g/mol. The monoisotopic (exact) mass is 359 g/mol. The molecule has 136 valence electrons. The number of carbonyl (C=O) groups excluding carboxylic acids is 2. The molecule has 0 spiro atoms. The lowest BCUT2D eigenvalue weighted by Gasteiger charge is -2.15. The predicted octanol–water partition coefficient (Wildman–Crippen LogP) is 1.73. The average Bonchev–Trinajstić information content (AvgIpc) is 3.32. The lowest BCUT2D eigenvalue weighted by molar-refractivity contribution is -0.135. The summed E-state index contributed by atoms with van der Waals surface area (Å²) >= 11 is 0. The fourth-order valence-electron chi connectivity index (χ4n) is 2.44. The van der Waals surface area contributed by atoms with Gasteiger partial charge in [-0.3, -0.25) is 9.59 Å². The summed E-state index contributed by atoms with van der Waals surface area (Å²) in [6.07, 6.45) is 0.941. The molecule has 0 saturated heterocycles. The van der Waals surface area contributed by atoms with E-state index in [2.05, 4.69) is 15.8 Å². The van der Waals surface area contributed by atoms with Gasteiger partial charge in [-0.15, -0.1) is 0 Å². The molecule has 1 aromatic carbocycles. The minimum atomic E-state index is -0.824. The van der Waals surface area contributed by atoms with Crippen molar-refractivity contribution in [3.8, 4) is 0 Å². The van der Waals surface area contributed by atoms with Crippen molar-refractivity contribution in [2.24, 2.45) is 5.16 Å². The quantitative estimate of drug-likeness (QED) is 0.822. The van der Waals surface area contributed by atoms with E-state index in [9.17, 15) is 14.0 Å². The summed E-state index contributed by atoms with van der Waals surface area (Å²) < 4.78 is 18.1. The second-order valence-electron chi connectivity index (χ2n) is 5.87. The van der Waals surface area contributed by atoms with Crippen LogP contribution in [-0.2, 0) is 21.0 Å². The van der Waals surface area contributed by atoms with Gasteiger partial charge in [0, 0.05) is 6.42 Å². The molecule has 0 saturated carbocycles. The molecule has 2 N–H and O–H groups in total. The number of benzene rings is 1. The fourth-order valence-corrected chi connectivity index (χ4v) is 2.44. The maximum Gasteiger partial charge on any atom is 0.264 e. The number of carbonyl (C=O) groups is 2. The molecule has 2 heterocycles. The highest BCUT2D eigenvalue weighted by molar-refractivity contribution is 6.04. The molecule has 1 aliphatic heterocycles. The number of hydrogen-bond acceptors (Lipinski definition) is 5. The largest absolute Gasteiger partial charge is 0.467 e. The van der Waals surface area contributed by atoms with Crippen LogP contribution in [0.5, 0.6) is 0 Å². The van der Waals surface area contributed by atoms with Crippen LogP contribution in [0.15, 0.2) is 52.2 Å². The van der Waals surface area contributed by atoms with E-state index in [0.29, 0.717) is 17.0 Å². The van der Waals surface area contributed by atoms with Crippen LogP contribution in [0, 0.1) is 5.82 Å². The van der Waals surface area contributed by atoms with E-state index in [-0.39, 0.29) is 24.7 Å². The first-order chi connectivity index (χ1) is 12.5. The van der Waals surface area contributed by atoms with E-state index < -0.39 is 18.1 Å². The molecular formula is C18H18FN3O4. The standard InChI is InChI=1S/C18H18FN3O4/c1-11(17(23)20-10-14-3-2-8-25-14)21-18(24)16-9-15(22-26-16)12-4-6-13(19)7-5-12/h2-8,11,16H,9-10H2,1H3,(H,20,23)(H,21,24)/t11-,16+/m1/s1. The van der Waals surface area contributed by atoms with E-state index in [4.69, 9.17) is 9.25 Å². The number of hydrogen-bond donors (Lipinski definition) is 2. The van der Waals surface area contributed by atoms with Crippen molar-refractivity contribution in [3.63, 3.8) is 0 Å². The van der Waals surface area contributed by atoms with E-state index >= 15 is 0 Å². The molecule has 0 aliphatic carbocycles. The lowest BCUT2D eigenvalue weighted by atomic mass is 10.0. The van der Waals surface area contributed by atoms with Gasteiger partial charge in [0.05, 0.1) is 18.5 Å². The van der Waals surface area contributed by atoms with E-state index in [1.807, 2.05) is 0 Å². The third-order valence-corrected chi connectivity index (χ3v) is 3.91. The van der Waals surface area contributed by atoms with Gasteiger partial charge in [0.25, 0.3) is 5.91 Å². The van der Waals surface area contributed by atoms with Crippen molar-refractivity contribution in [1.82, 2.24) is 10.6 Å². The Morgan fingerprint density at radius 1 is 1.31 bits per heavy atom. The summed E-state index contributed by atoms with van der Waals surface area (Å²) in [6, 6.07) is 8.50. The second kappa shape index (κ2) is 7.81. The number of rotatable bonds is 6. The van der Waals surface area contributed by atoms with Crippen LogP contribution in [0.4, 0.5) is 4.39 Å². The third kappa shape index (κ3) is 4.27. The summed E-state index contributed by atoms with van der Waals surface area (Å²) in [5, 5.41) is 9.14. The summed E-state index contributed by atoms with van der Waals surface area (Å²) in [5.74, 6) is -0.510. The van der Waals surface area contributed by atoms with Gasteiger partial charge in [0.15, 0.2) is 0 Å². The Kier molecular flexibility index (Phi) is 5.31. The highest BCUT2D eigenvalue weighted by Crippen LogP contribution is 2.17. The number of nitrogens with one attached hydrogen (secondary N) is 2. The summed E-state index contributed by atoms with van der Waals surface area (Å²) in [6.45, 7) is 1.82. The molecule has 26 heavy (non-hydrogen) atoms. The van der Waals surface area contributed by atoms with Crippen molar-refractivity contribution in [3.05, 3.63) is 59.8 Å². The Balaban J connectivity index is 1.47. The topological polar surface area (TPSA) is 92.9 Å². The lowest BCUT2D eigenvalue weighted by Crippen LogP contribution is -2.47. The third-order valence-electron chi connectivity index (χ3n) is 3.91. The molecule has 1 aliphatic rings. The highest BCUT2D eigenvalue weighted by atomic mass is 19.1. The maximum atomic E-state index is 13.0. The summed E-state index contributed by atoms with van der Waals surface area (Å²) in [7, 11) is 0. The van der Waals surface area contributed by atoms with Crippen molar-refractivity contribution < 1.29 is 23.2 Å². The molecule has 2 atom stereocenters. The Morgan fingerprint density at radius 3 is 2.77 bits per heavy atom. The zero-order valence-corrected chi connectivity index (χ0v) is 14.1.